The van der Waals surface area contributed by atoms with Gasteiger partial charge in [-0.15, -0.1) is 0 Å². The molecule has 1 aliphatic rings. The van der Waals surface area contributed by atoms with Gasteiger partial charge < -0.3 is 4.74 Å². The summed E-state index contributed by atoms with van der Waals surface area (Å²) >= 11 is 0. The standard InChI is InChI=1S/C15H20O/c1-12-8-9-13(2)15(12)11-16-10-14-6-4-3-5-7-14/h3-8,13,15H,9-11H2,1-2H3/t13-,15-/m0/s1. The molecular formula is C15H20O. The molecule has 1 heteroatoms. The molecule has 0 spiro atoms. The Morgan fingerprint density at radius 2 is 2.00 bits per heavy atom. The summed E-state index contributed by atoms with van der Waals surface area (Å²) in [6, 6.07) is 10.4. The Morgan fingerprint density at radius 1 is 1.25 bits per heavy atom. The Kier molecular flexibility index (Phi) is 3.79. The molecule has 0 amide bonds. The van der Waals surface area contributed by atoms with E-state index in [2.05, 4.69) is 44.2 Å². The van der Waals surface area contributed by atoms with Crippen molar-refractivity contribution >= 4 is 0 Å². The number of hydrogen-bond acceptors (Lipinski definition) is 1. The molecule has 2 atom stereocenters. The zero-order chi connectivity index (χ0) is 11.4. The van der Waals surface area contributed by atoms with E-state index in [9.17, 15) is 0 Å². The van der Waals surface area contributed by atoms with Gasteiger partial charge in [-0.25, -0.2) is 0 Å². The highest BCUT2D eigenvalue weighted by atomic mass is 16.5. The van der Waals surface area contributed by atoms with Gasteiger partial charge in [-0.3, -0.25) is 0 Å². The van der Waals surface area contributed by atoms with Crippen LogP contribution in [-0.2, 0) is 11.3 Å². The normalized spacial score (nSPS) is 24.5. The average Bonchev–Trinajstić information content (AvgIpc) is 2.62. The van der Waals surface area contributed by atoms with E-state index in [-0.39, 0.29) is 0 Å². The molecule has 0 heterocycles. The second-order valence-electron chi connectivity index (χ2n) is 4.77. The Hall–Kier alpha value is -1.08. The summed E-state index contributed by atoms with van der Waals surface area (Å²) in [6.45, 7) is 6.12. The minimum atomic E-state index is 0.628. The van der Waals surface area contributed by atoms with E-state index in [1.54, 1.807) is 0 Å². The molecule has 0 saturated heterocycles. The Bertz CT molecular complexity index is 353. The fraction of sp³-hybridized carbons (Fsp3) is 0.467. The van der Waals surface area contributed by atoms with Crippen molar-refractivity contribution in [3.05, 3.63) is 47.5 Å². The first-order valence-electron chi connectivity index (χ1n) is 6.05. The van der Waals surface area contributed by atoms with Crippen molar-refractivity contribution in [3.63, 3.8) is 0 Å². The second kappa shape index (κ2) is 5.31. The van der Waals surface area contributed by atoms with E-state index in [4.69, 9.17) is 4.74 Å². The van der Waals surface area contributed by atoms with E-state index in [1.807, 2.05) is 6.07 Å². The van der Waals surface area contributed by atoms with Crippen LogP contribution in [-0.4, -0.2) is 6.61 Å². The predicted molar refractivity (Wildman–Crippen MR) is 67.1 cm³/mol. The van der Waals surface area contributed by atoms with Crippen LogP contribution in [0.2, 0.25) is 0 Å². The minimum Gasteiger partial charge on any atom is -0.376 e. The summed E-state index contributed by atoms with van der Waals surface area (Å²) in [5.41, 5.74) is 2.76. The quantitative estimate of drug-likeness (QED) is 0.695. The molecule has 0 fully saturated rings. The van der Waals surface area contributed by atoms with Crippen molar-refractivity contribution in [1.29, 1.82) is 0 Å². The fourth-order valence-corrected chi connectivity index (χ4v) is 2.31. The highest BCUT2D eigenvalue weighted by molar-refractivity contribution is 5.14. The van der Waals surface area contributed by atoms with Crippen LogP contribution in [0.1, 0.15) is 25.8 Å². The van der Waals surface area contributed by atoms with Gasteiger partial charge in [0.2, 0.25) is 0 Å². The zero-order valence-corrected chi connectivity index (χ0v) is 10.1. The summed E-state index contributed by atoms with van der Waals surface area (Å²) in [5, 5.41) is 0. The van der Waals surface area contributed by atoms with Crippen molar-refractivity contribution in [1.82, 2.24) is 0 Å². The number of ether oxygens (including phenoxy) is 1. The molecule has 2 rings (SSSR count). The zero-order valence-electron chi connectivity index (χ0n) is 10.1. The lowest BCUT2D eigenvalue weighted by atomic mass is 9.94. The maximum Gasteiger partial charge on any atom is 0.0717 e. The maximum absolute atomic E-state index is 5.80. The van der Waals surface area contributed by atoms with Crippen LogP contribution < -0.4 is 0 Å². The summed E-state index contributed by atoms with van der Waals surface area (Å²) < 4.78 is 5.80. The van der Waals surface area contributed by atoms with Crippen molar-refractivity contribution in [2.45, 2.75) is 26.9 Å². The maximum atomic E-state index is 5.80. The van der Waals surface area contributed by atoms with Gasteiger partial charge in [0.1, 0.15) is 0 Å². The van der Waals surface area contributed by atoms with E-state index >= 15 is 0 Å². The summed E-state index contributed by atoms with van der Waals surface area (Å²) in [4.78, 5) is 0. The molecule has 1 aliphatic carbocycles. The van der Waals surface area contributed by atoms with Crippen LogP contribution in [0.3, 0.4) is 0 Å². The molecular weight excluding hydrogens is 196 g/mol. The highest BCUT2D eigenvalue weighted by Crippen LogP contribution is 2.31. The Morgan fingerprint density at radius 3 is 2.62 bits per heavy atom. The van der Waals surface area contributed by atoms with Crippen LogP contribution >= 0.6 is 0 Å². The SMILES string of the molecule is CC1=CC[C@H](C)[C@H]1COCc1ccccc1. The van der Waals surface area contributed by atoms with Gasteiger partial charge in [-0.1, -0.05) is 48.9 Å². The molecule has 0 radical (unpaired) electrons. The van der Waals surface area contributed by atoms with Crippen LogP contribution in [0, 0.1) is 11.8 Å². The molecule has 1 nitrogen and oxygen atoms in total. The van der Waals surface area contributed by atoms with Crippen LogP contribution in [0.15, 0.2) is 42.0 Å². The summed E-state index contributed by atoms with van der Waals surface area (Å²) in [5.74, 6) is 1.37. The Balaban J connectivity index is 1.78. The topological polar surface area (TPSA) is 9.23 Å². The molecule has 16 heavy (non-hydrogen) atoms. The lowest BCUT2D eigenvalue weighted by Gasteiger charge is -2.18. The molecule has 0 unspecified atom stereocenters. The molecule has 1 aromatic carbocycles. The summed E-state index contributed by atoms with van der Waals surface area (Å²) in [6.07, 6.45) is 3.56. The lowest BCUT2D eigenvalue weighted by Crippen LogP contribution is -2.14. The van der Waals surface area contributed by atoms with Gasteiger partial charge in [0.05, 0.1) is 13.2 Å². The average molecular weight is 216 g/mol. The molecule has 0 bridgehead atoms. The van der Waals surface area contributed by atoms with Gasteiger partial charge >= 0.3 is 0 Å². The first-order valence-corrected chi connectivity index (χ1v) is 6.05. The number of allylic oxidation sites excluding steroid dienone is 1. The second-order valence-corrected chi connectivity index (χ2v) is 4.77. The van der Waals surface area contributed by atoms with Gasteiger partial charge in [0.15, 0.2) is 0 Å². The first-order chi connectivity index (χ1) is 7.77. The monoisotopic (exact) mass is 216 g/mol. The van der Waals surface area contributed by atoms with Gasteiger partial charge in [0, 0.05) is 5.92 Å². The van der Waals surface area contributed by atoms with Crippen molar-refractivity contribution in [3.8, 4) is 0 Å². The van der Waals surface area contributed by atoms with Gasteiger partial charge in [-0.05, 0) is 24.8 Å². The van der Waals surface area contributed by atoms with Gasteiger partial charge in [-0.2, -0.15) is 0 Å². The molecule has 0 aromatic heterocycles. The minimum absolute atomic E-state index is 0.628. The highest BCUT2D eigenvalue weighted by Gasteiger charge is 2.23. The third kappa shape index (κ3) is 2.73. The van der Waals surface area contributed by atoms with Crippen LogP contribution in [0.25, 0.3) is 0 Å². The van der Waals surface area contributed by atoms with Crippen molar-refractivity contribution in [2.24, 2.45) is 11.8 Å². The molecule has 0 N–H and O–H groups in total. The largest absolute Gasteiger partial charge is 0.376 e. The van der Waals surface area contributed by atoms with Crippen molar-refractivity contribution in [2.75, 3.05) is 6.61 Å². The number of hydrogen-bond donors (Lipinski definition) is 0. The number of benzene rings is 1. The smallest absolute Gasteiger partial charge is 0.0717 e. The van der Waals surface area contributed by atoms with E-state index in [0.29, 0.717) is 5.92 Å². The lowest BCUT2D eigenvalue weighted by molar-refractivity contribution is 0.0850. The van der Waals surface area contributed by atoms with E-state index in [1.165, 1.54) is 17.6 Å². The Labute approximate surface area is 98.1 Å². The van der Waals surface area contributed by atoms with Gasteiger partial charge in [0.25, 0.3) is 0 Å². The molecule has 86 valence electrons. The third-order valence-electron chi connectivity index (χ3n) is 3.49. The summed E-state index contributed by atoms with van der Waals surface area (Å²) in [7, 11) is 0. The first kappa shape index (κ1) is 11.4. The molecule has 0 aliphatic heterocycles. The van der Waals surface area contributed by atoms with Crippen LogP contribution in [0.5, 0.6) is 0 Å². The van der Waals surface area contributed by atoms with E-state index < -0.39 is 0 Å². The van der Waals surface area contributed by atoms with E-state index in [0.717, 1.165) is 19.1 Å². The predicted octanol–water partition coefficient (Wildman–Crippen LogP) is 3.81. The van der Waals surface area contributed by atoms with Crippen LogP contribution in [0.4, 0.5) is 0 Å². The fourth-order valence-electron chi connectivity index (χ4n) is 2.31. The third-order valence-corrected chi connectivity index (χ3v) is 3.49. The molecule has 1 aromatic rings. The number of rotatable bonds is 4. The molecule has 0 saturated carbocycles. The van der Waals surface area contributed by atoms with Crippen molar-refractivity contribution < 1.29 is 4.74 Å².